The lowest BCUT2D eigenvalue weighted by atomic mass is 10.0. The van der Waals surface area contributed by atoms with Gasteiger partial charge in [-0.05, 0) is 55.5 Å². The standard InChI is InChI=1S/C27H26ClN3O3/c1-17-4-3-5-23-22(17)6-7-25(23)34-27-10-26(21(9-24(27)28)15-30-12-18(2)32)33-16-20-8-19(11-29)13-31-14-20/h3-5,8-10,13-14,25,30H,6-7,12,15-16H2,1-2H3/t25-/m0/s1. The van der Waals surface area contributed by atoms with Crippen molar-refractivity contribution in [2.75, 3.05) is 6.54 Å². The van der Waals surface area contributed by atoms with Crippen molar-refractivity contribution in [3.63, 3.8) is 0 Å². The van der Waals surface area contributed by atoms with E-state index in [1.54, 1.807) is 12.3 Å². The first kappa shape index (κ1) is 23.7. The summed E-state index contributed by atoms with van der Waals surface area (Å²) in [7, 11) is 0. The molecule has 1 aliphatic carbocycles. The lowest BCUT2D eigenvalue weighted by molar-refractivity contribution is -0.116. The summed E-state index contributed by atoms with van der Waals surface area (Å²) in [4.78, 5) is 15.4. The number of nitrogens with one attached hydrogen (secondary N) is 1. The maximum Gasteiger partial charge on any atom is 0.143 e. The zero-order valence-corrected chi connectivity index (χ0v) is 20.0. The summed E-state index contributed by atoms with van der Waals surface area (Å²) in [6.45, 7) is 4.55. The van der Waals surface area contributed by atoms with E-state index < -0.39 is 0 Å². The van der Waals surface area contributed by atoms with E-state index in [-0.39, 0.29) is 25.0 Å². The van der Waals surface area contributed by atoms with Crippen LogP contribution in [-0.4, -0.2) is 17.3 Å². The van der Waals surface area contributed by atoms with Crippen LogP contribution in [0.5, 0.6) is 11.5 Å². The van der Waals surface area contributed by atoms with Crippen molar-refractivity contribution in [2.24, 2.45) is 0 Å². The number of rotatable bonds is 9. The maximum absolute atomic E-state index is 11.4. The molecular formula is C27H26ClN3O3. The van der Waals surface area contributed by atoms with E-state index in [2.05, 4.69) is 41.5 Å². The molecule has 1 heterocycles. The van der Waals surface area contributed by atoms with E-state index in [0.717, 1.165) is 24.0 Å². The number of hydrogen-bond donors (Lipinski definition) is 1. The predicted molar refractivity (Wildman–Crippen MR) is 130 cm³/mol. The molecular weight excluding hydrogens is 450 g/mol. The Bertz CT molecular complexity index is 1250. The number of carbonyl (C=O) groups excluding carboxylic acids is 1. The number of Topliss-reactive ketones (excluding diaryl/α,β-unsaturated/α-hetero) is 1. The molecule has 174 valence electrons. The van der Waals surface area contributed by atoms with Crippen LogP contribution in [0.3, 0.4) is 0 Å². The number of carbonyl (C=O) groups is 1. The van der Waals surface area contributed by atoms with Gasteiger partial charge in [-0.25, -0.2) is 0 Å². The number of aromatic nitrogens is 1. The van der Waals surface area contributed by atoms with Crippen molar-refractivity contribution < 1.29 is 14.3 Å². The van der Waals surface area contributed by atoms with E-state index in [4.69, 9.17) is 26.3 Å². The molecule has 6 nitrogen and oxygen atoms in total. The molecule has 0 saturated carbocycles. The quantitative estimate of drug-likeness (QED) is 0.455. The number of nitrogens with zero attached hydrogens (tertiary/aromatic N) is 2. The molecule has 4 rings (SSSR count). The molecule has 2 aromatic carbocycles. The summed E-state index contributed by atoms with van der Waals surface area (Å²) in [6, 6.07) is 13.7. The Balaban J connectivity index is 1.58. The van der Waals surface area contributed by atoms with Crippen LogP contribution in [0.1, 0.15) is 52.8 Å². The van der Waals surface area contributed by atoms with Gasteiger partial charge in [0, 0.05) is 36.1 Å². The molecule has 1 aliphatic rings. The summed E-state index contributed by atoms with van der Waals surface area (Å²) in [5.74, 6) is 1.19. The topological polar surface area (TPSA) is 84.2 Å². The molecule has 0 spiro atoms. The molecule has 1 N–H and O–H groups in total. The van der Waals surface area contributed by atoms with E-state index >= 15 is 0 Å². The van der Waals surface area contributed by atoms with E-state index in [1.807, 2.05) is 12.1 Å². The first-order chi connectivity index (χ1) is 16.4. The van der Waals surface area contributed by atoms with E-state index in [0.29, 0.717) is 28.6 Å². The summed E-state index contributed by atoms with van der Waals surface area (Å²) in [5, 5.41) is 12.7. The zero-order chi connectivity index (χ0) is 24.1. The first-order valence-corrected chi connectivity index (χ1v) is 11.6. The molecule has 0 fully saturated rings. The highest BCUT2D eigenvalue weighted by Gasteiger charge is 2.26. The summed E-state index contributed by atoms with van der Waals surface area (Å²) in [5.41, 5.74) is 5.88. The third-order valence-electron chi connectivity index (χ3n) is 5.84. The Hall–Kier alpha value is -3.40. The normalized spacial score (nSPS) is 14.4. The zero-order valence-electron chi connectivity index (χ0n) is 19.2. The van der Waals surface area contributed by atoms with Crippen LogP contribution in [0.25, 0.3) is 0 Å². The second-order valence-electron chi connectivity index (χ2n) is 8.47. The molecule has 7 heteroatoms. The highest BCUT2D eigenvalue weighted by molar-refractivity contribution is 6.32. The highest BCUT2D eigenvalue weighted by atomic mass is 35.5. The van der Waals surface area contributed by atoms with E-state index in [1.165, 1.54) is 29.8 Å². The minimum absolute atomic E-state index is 0.0445. The van der Waals surface area contributed by atoms with Crippen LogP contribution in [0.4, 0.5) is 0 Å². The molecule has 0 radical (unpaired) electrons. The average Bonchev–Trinajstić information content (AvgIpc) is 3.24. The summed E-state index contributed by atoms with van der Waals surface area (Å²) in [6.07, 6.45) is 4.97. The fraction of sp³-hybridized carbons (Fsp3) is 0.296. The van der Waals surface area contributed by atoms with Gasteiger partial charge in [0.05, 0.1) is 17.1 Å². The second kappa shape index (κ2) is 10.7. The third kappa shape index (κ3) is 5.56. The Morgan fingerprint density at radius 3 is 2.91 bits per heavy atom. The molecule has 34 heavy (non-hydrogen) atoms. The van der Waals surface area contributed by atoms with Gasteiger partial charge in [0.15, 0.2) is 0 Å². The largest absolute Gasteiger partial charge is 0.488 e. The van der Waals surface area contributed by atoms with Crippen LogP contribution >= 0.6 is 11.6 Å². The summed E-state index contributed by atoms with van der Waals surface area (Å²) < 4.78 is 12.5. The van der Waals surface area contributed by atoms with Crippen molar-refractivity contribution in [2.45, 2.75) is 45.9 Å². The fourth-order valence-corrected chi connectivity index (χ4v) is 4.41. The van der Waals surface area contributed by atoms with Crippen LogP contribution in [0.15, 0.2) is 48.8 Å². The van der Waals surface area contributed by atoms with Gasteiger partial charge in [0.25, 0.3) is 0 Å². The number of aryl methyl sites for hydroxylation is 1. The number of ketones is 1. The van der Waals surface area contributed by atoms with Gasteiger partial charge in [-0.2, -0.15) is 5.26 Å². The van der Waals surface area contributed by atoms with E-state index in [9.17, 15) is 4.79 Å². The molecule has 0 unspecified atom stereocenters. The second-order valence-corrected chi connectivity index (χ2v) is 8.87. The Labute approximate surface area is 204 Å². The Kier molecular flexibility index (Phi) is 7.46. The number of ether oxygens (including phenoxy) is 2. The molecule has 1 aromatic heterocycles. The highest BCUT2D eigenvalue weighted by Crippen LogP contribution is 2.40. The maximum atomic E-state index is 11.4. The van der Waals surface area contributed by atoms with Crippen molar-refractivity contribution in [1.82, 2.24) is 10.3 Å². The number of pyridine rings is 1. The molecule has 1 atom stereocenters. The van der Waals surface area contributed by atoms with Crippen molar-refractivity contribution in [3.8, 4) is 17.6 Å². The predicted octanol–water partition coefficient (Wildman–Crippen LogP) is 5.24. The van der Waals surface area contributed by atoms with Crippen LogP contribution in [0, 0.1) is 18.3 Å². The van der Waals surface area contributed by atoms with Crippen LogP contribution < -0.4 is 14.8 Å². The van der Waals surface area contributed by atoms with Gasteiger partial charge in [-0.3, -0.25) is 9.78 Å². The molecule has 0 amide bonds. The number of benzene rings is 2. The lowest BCUT2D eigenvalue weighted by Gasteiger charge is -2.19. The molecule has 0 bridgehead atoms. The molecule has 0 aliphatic heterocycles. The van der Waals surface area contributed by atoms with Gasteiger partial charge in [0.1, 0.15) is 36.1 Å². The first-order valence-electron chi connectivity index (χ1n) is 11.2. The molecule has 3 aromatic rings. The smallest absolute Gasteiger partial charge is 0.143 e. The average molecular weight is 476 g/mol. The van der Waals surface area contributed by atoms with Crippen molar-refractivity contribution >= 4 is 17.4 Å². The van der Waals surface area contributed by atoms with Crippen molar-refractivity contribution in [1.29, 1.82) is 5.26 Å². The van der Waals surface area contributed by atoms with Gasteiger partial charge < -0.3 is 14.8 Å². The lowest BCUT2D eigenvalue weighted by Crippen LogP contribution is -2.20. The summed E-state index contributed by atoms with van der Waals surface area (Å²) >= 11 is 6.62. The Morgan fingerprint density at radius 2 is 2.12 bits per heavy atom. The Morgan fingerprint density at radius 1 is 1.26 bits per heavy atom. The van der Waals surface area contributed by atoms with Gasteiger partial charge >= 0.3 is 0 Å². The number of fused-ring (bicyclic) bond motifs is 1. The van der Waals surface area contributed by atoms with Crippen molar-refractivity contribution in [3.05, 3.63) is 87.2 Å². The van der Waals surface area contributed by atoms with Gasteiger partial charge in [0.2, 0.25) is 0 Å². The minimum atomic E-state index is -0.0709. The minimum Gasteiger partial charge on any atom is -0.488 e. The molecule has 0 saturated heterocycles. The number of nitriles is 1. The van der Waals surface area contributed by atoms with Crippen LogP contribution in [0.2, 0.25) is 5.02 Å². The van der Waals surface area contributed by atoms with Gasteiger partial charge in [-0.1, -0.05) is 29.8 Å². The third-order valence-corrected chi connectivity index (χ3v) is 6.14. The van der Waals surface area contributed by atoms with Gasteiger partial charge in [-0.15, -0.1) is 0 Å². The monoisotopic (exact) mass is 475 g/mol. The van der Waals surface area contributed by atoms with Crippen LogP contribution in [-0.2, 0) is 24.4 Å². The number of halogens is 1. The number of hydrogen-bond acceptors (Lipinski definition) is 6. The SMILES string of the molecule is CC(=O)CNCc1cc(Cl)c(O[C@H]2CCc3c(C)cccc32)cc1OCc1cncc(C#N)c1. The fourth-order valence-electron chi connectivity index (χ4n) is 4.18.